The van der Waals surface area contributed by atoms with E-state index in [1.54, 1.807) is 26.2 Å². The average Bonchev–Trinajstić information content (AvgIpc) is 3.37. The quantitative estimate of drug-likeness (QED) is 0.106. The number of aromatic nitrogens is 5. The minimum Gasteiger partial charge on any atom is -0.476 e. The molecule has 0 saturated heterocycles. The Kier molecular flexibility index (Phi) is 10.0. The number of nitrogens with zero attached hydrogens (tertiary/aromatic N) is 5. The third-order valence-corrected chi connectivity index (χ3v) is 7.53. The minimum absolute atomic E-state index is 0.137. The number of benzene rings is 1. The van der Waals surface area contributed by atoms with Crippen molar-refractivity contribution >= 4 is 14.8 Å². The van der Waals surface area contributed by atoms with Crippen molar-refractivity contribution in [3.8, 4) is 40.3 Å². The molecule has 0 aliphatic heterocycles. The molecule has 0 aliphatic rings. The summed E-state index contributed by atoms with van der Waals surface area (Å²) in [6, 6.07) is 12.5. The van der Waals surface area contributed by atoms with E-state index in [0.29, 0.717) is 29.8 Å². The lowest BCUT2D eigenvalue weighted by Gasteiger charge is -2.21. The van der Waals surface area contributed by atoms with E-state index in [0.717, 1.165) is 22.7 Å². The zero-order chi connectivity index (χ0) is 30.3. The van der Waals surface area contributed by atoms with Gasteiger partial charge in [0.05, 0.1) is 12.5 Å². The molecular formula is C30H35FN5O5Si. The highest BCUT2D eigenvalue weighted by Crippen LogP contribution is 2.28. The van der Waals surface area contributed by atoms with E-state index < -0.39 is 14.2 Å². The summed E-state index contributed by atoms with van der Waals surface area (Å²) in [5, 5.41) is 4.57. The highest BCUT2D eigenvalue weighted by Gasteiger charge is 2.30. The van der Waals surface area contributed by atoms with Gasteiger partial charge in [0.25, 0.3) is 0 Å². The fourth-order valence-corrected chi connectivity index (χ4v) is 4.37. The van der Waals surface area contributed by atoms with E-state index >= 15 is 0 Å². The van der Waals surface area contributed by atoms with Crippen molar-refractivity contribution in [1.82, 2.24) is 24.7 Å². The molecule has 1 aromatic carbocycles. The van der Waals surface area contributed by atoms with Crippen LogP contribution in [0.5, 0.6) is 17.6 Å². The van der Waals surface area contributed by atoms with E-state index in [4.69, 9.17) is 18.9 Å². The van der Waals surface area contributed by atoms with Gasteiger partial charge in [-0.15, -0.1) is 5.10 Å². The first-order valence-electron chi connectivity index (χ1n) is 13.5. The lowest BCUT2D eigenvalue weighted by molar-refractivity contribution is -0.152. The zero-order valence-electron chi connectivity index (χ0n) is 24.7. The third kappa shape index (κ3) is 7.98. The van der Waals surface area contributed by atoms with Crippen molar-refractivity contribution in [2.24, 2.45) is 5.41 Å². The maximum Gasteiger partial charge on any atom is 0.323 e. The third-order valence-electron chi connectivity index (χ3n) is 6.33. The van der Waals surface area contributed by atoms with Crippen LogP contribution in [0, 0.1) is 18.2 Å². The fraction of sp³-hybridized carbons (Fsp3) is 0.367. The number of hydrogen-bond donors (Lipinski definition) is 0. The summed E-state index contributed by atoms with van der Waals surface area (Å²) in [5.74, 6) is 0.499. The van der Waals surface area contributed by atoms with Gasteiger partial charge in [-0.3, -0.25) is 9.78 Å². The highest BCUT2D eigenvalue weighted by atomic mass is 28.3. The van der Waals surface area contributed by atoms with Gasteiger partial charge in [0.2, 0.25) is 11.7 Å². The number of ether oxygens (including phenoxy) is 4. The predicted octanol–water partition coefficient (Wildman–Crippen LogP) is 5.95. The van der Waals surface area contributed by atoms with Crippen molar-refractivity contribution in [3.63, 3.8) is 0 Å². The number of pyridine rings is 2. The second-order valence-electron chi connectivity index (χ2n) is 10.7. The van der Waals surface area contributed by atoms with Gasteiger partial charge in [0.15, 0.2) is 0 Å². The molecule has 1 radical (unpaired) electrons. The van der Waals surface area contributed by atoms with E-state index in [2.05, 4.69) is 33.1 Å². The van der Waals surface area contributed by atoms with Crippen LogP contribution in [0.15, 0.2) is 54.9 Å². The number of esters is 1. The van der Waals surface area contributed by atoms with E-state index in [-0.39, 0.29) is 31.1 Å². The first-order chi connectivity index (χ1) is 20.1. The van der Waals surface area contributed by atoms with Crippen LogP contribution in [0.2, 0.25) is 19.1 Å². The smallest absolute Gasteiger partial charge is 0.323 e. The molecule has 0 N–H and O–H groups in total. The van der Waals surface area contributed by atoms with Crippen LogP contribution in [0.4, 0.5) is 4.39 Å². The van der Waals surface area contributed by atoms with E-state index in [1.807, 2.05) is 25.1 Å². The molecule has 221 valence electrons. The van der Waals surface area contributed by atoms with Gasteiger partial charge in [-0.2, -0.15) is 9.67 Å². The second-order valence-corrected chi connectivity index (χ2v) is 13.6. The Morgan fingerprint density at radius 3 is 2.48 bits per heavy atom. The topological polar surface area (TPSA) is 110 Å². The number of halogens is 1. The summed E-state index contributed by atoms with van der Waals surface area (Å²) in [7, 11) is 0.946. The van der Waals surface area contributed by atoms with Crippen molar-refractivity contribution in [2.45, 2.75) is 46.6 Å². The maximum atomic E-state index is 13.4. The standard InChI is InChI=1S/C30H35FN5O5Si/c1-20-15-26(40-18-30(2,3)28(37)38-4)33-17-24(20)21-7-12-25(32-16-21)27-34-29(41-23-10-8-22(31)9-11-23)36(35-27)19-39-13-14-42(5)6/h7-12,15-17H,13-14,18-19H2,1-6H3. The van der Waals surface area contributed by atoms with Crippen molar-refractivity contribution in [2.75, 3.05) is 20.3 Å². The van der Waals surface area contributed by atoms with Crippen LogP contribution < -0.4 is 9.47 Å². The van der Waals surface area contributed by atoms with Crippen molar-refractivity contribution < 1.29 is 28.1 Å². The van der Waals surface area contributed by atoms with Crippen LogP contribution >= 0.6 is 0 Å². The van der Waals surface area contributed by atoms with Crippen LogP contribution in [0.3, 0.4) is 0 Å². The molecule has 4 rings (SSSR count). The Balaban J connectivity index is 1.50. The molecule has 3 heterocycles. The minimum atomic E-state index is -0.797. The summed E-state index contributed by atoms with van der Waals surface area (Å²) in [6.45, 7) is 10.8. The number of aryl methyl sites for hydroxylation is 1. The van der Waals surface area contributed by atoms with Crippen molar-refractivity contribution in [1.29, 1.82) is 0 Å². The van der Waals surface area contributed by atoms with Gasteiger partial charge >= 0.3 is 12.0 Å². The van der Waals surface area contributed by atoms with Crippen LogP contribution in [0.25, 0.3) is 22.6 Å². The average molecular weight is 593 g/mol. The van der Waals surface area contributed by atoms with E-state index in [9.17, 15) is 9.18 Å². The molecule has 0 saturated carbocycles. The number of rotatable bonds is 13. The highest BCUT2D eigenvalue weighted by molar-refractivity contribution is 6.55. The fourth-order valence-electron chi connectivity index (χ4n) is 3.82. The molecule has 0 bridgehead atoms. The monoisotopic (exact) mass is 592 g/mol. The van der Waals surface area contributed by atoms with Gasteiger partial charge in [0, 0.05) is 45.0 Å². The zero-order valence-corrected chi connectivity index (χ0v) is 25.7. The molecule has 3 aromatic heterocycles. The Bertz CT molecular complexity index is 1490. The maximum absolute atomic E-state index is 13.4. The van der Waals surface area contributed by atoms with E-state index in [1.165, 1.54) is 36.1 Å². The summed E-state index contributed by atoms with van der Waals surface area (Å²) in [6.07, 6.45) is 3.44. The summed E-state index contributed by atoms with van der Waals surface area (Å²) in [5.41, 5.74) is 2.42. The van der Waals surface area contributed by atoms with Gasteiger partial charge in [-0.1, -0.05) is 19.2 Å². The Labute approximate surface area is 246 Å². The molecule has 10 nitrogen and oxygen atoms in total. The van der Waals surface area contributed by atoms with Crippen LogP contribution in [-0.4, -0.2) is 59.8 Å². The molecule has 0 aliphatic carbocycles. The normalized spacial score (nSPS) is 11.5. The van der Waals surface area contributed by atoms with Crippen LogP contribution in [0.1, 0.15) is 19.4 Å². The summed E-state index contributed by atoms with van der Waals surface area (Å²) >= 11 is 0. The van der Waals surface area contributed by atoms with Gasteiger partial charge in [-0.05, 0) is 62.7 Å². The Hall–Kier alpha value is -4.16. The molecule has 4 aromatic rings. The summed E-state index contributed by atoms with van der Waals surface area (Å²) < 4.78 is 37.2. The lowest BCUT2D eigenvalue weighted by atomic mass is 9.95. The SMILES string of the molecule is COC(=O)C(C)(C)COc1cc(C)c(-c2ccc(-c3nc(Oc4ccc(F)cc4)n(COCC[Si](C)C)n3)nc2)cn1. The first kappa shape index (κ1) is 30.8. The second kappa shape index (κ2) is 13.7. The molecule has 0 fully saturated rings. The largest absolute Gasteiger partial charge is 0.476 e. The summed E-state index contributed by atoms with van der Waals surface area (Å²) in [4.78, 5) is 25.5. The number of hydrogen-bond acceptors (Lipinski definition) is 9. The Morgan fingerprint density at radius 2 is 1.83 bits per heavy atom. The molecule has 0 amide bonds. The first-order valence-corrected chi connectivity index (χ1v) is 16.2. The predicted molar refractivity (Wildman–Crippen MR) is 157 cm³/mol. The molecule has 42 heavy (non-hydrogen) atoms. The lowest BCUT2D eigenvalue weighted by Crippen LogP contribution is -2.32. The number of carbonyl (C=O) groups is 1. The molecule has 0 spiro atoms. The number of carbonyl (C=O) groups excluding carboxylic acids is 1. The Morgan fingerprint density at radius 1 is 1.07 bits per heavy atom. The molecular weight excluding hydrogens is 557 g/mol. The van der Waals surface area contributed by atoms with Crippen LogP contribution in [-0.2, 0) is 21.0 Å². The van der Waals surface area contributed by atoms with Gasteiger partial charge in [0.1, 0.15) is 30.6 Å². The van der Waals surface area contributed by atoms with Gasteiger partial charge in [-0.25, -0.2) is 9.37 Å². The van der Waals surface area contributed by atoms with Gasteiger partial charge < -0.3 is 18.9 Å². The molecule has 0 unspecified atom stereocenters. The number of methoxy groups -OCH3 is 1. The molecule has 12 heteroatoms. The van der Waals surface area contributed by atoms with Crippen molar-refractivity contribution in [3.05, 3.63) is 66.2 Å². The molecule has 0 atom stereocenters.